The number of halogens is 1. The van der Waals surface area contributed by atoms with Crippen LogP contribution in [-0.2, 0) is 9.59 Å². The van der Waals surface area contributed by atoms with Gasteiger partial charge in [-0.3, -0.25) is 9.59 Å². The van der Waals surface area contributed by atoms with Crippen molar-refractivity contribution in [2.45, 2.75) is 19.8 Å². The number of fused-ring (bicyclic) bond motifs is 3. The van der Waals surface area contributed by atoms with E-state index in [9.17, 15) is 9.59 Å². The molecule has 1 spiro atoms. The van der Waals surface area contributed by atoms with Gasteiger partial charge in [-0.15, -0.1) is 0 Å². The molecule has 0 aromatic heterocycles. The monoisotopic (exact) mass is 444 g/mol. The highest BCUT2D eigenvalue weighted by molar-refractivity contribution is 9.10. The molecular formula is C21H21BrN2O4. The van der Waals surface area contributed by atoms with E-state index in [1.165, 1.54) is 6.21 Å². The van der Waals surface area contributed by atoms with Gasteiger partial charge < -0.3 is 9.47 Å². The van der Waals surface area contributed by atoms with Crippen LogP contribution in [0.3, 0.4) is 0 Å². The van der Waals surface area contributed by atoms with E-state index >= 15 is 0 Å². The normalized spacial score (nSPS) is 31.3. The molecule has 7 heteroatoms. The van der Waals surface area contributed by atoms with E-state index in [0.717, 1.165) is 22.3 Å². The van der Waals surface area contributed by atoms with Gasteiger partial charge in [0.05, 0.1) is 36.2 Å². The Labute approximate surface area is 171 Å². The fraction of sp³-hybridized carbons (Fsp3) is 0.476. The fourth-order valence-electron chi connectivity index (χ4n) is 5.42. The molecule has 2 bridgehead atoms. The number of hydrogen-bond donors (Lipinski definition) is 0. The second kappa shape index (κ2) is 6.17. The van der Waals surface area contributed by atoms with Crippen molar-refractivity contribution >= 4 is 34.0 Å². The minimum absolute atomic E-state index is 0.160. The lowest BCUT2D eigenvalue weighted by Gasteiger charge is -2.18. The lowest BCUT2D eigenvalue weighted by molar-refractivity contribution is -0.141. The zero-order valence-corrected chi connectivity index (χ0v) is 17.3. The number of methoxy groups -OCH3 is 1. The van der Waals surface area contributed by atoms with Crippen molar-refractivity contribution in [3.8, 4) is 11.5 Å². The van der Waals surface area contributed by atoms with Crippen molar-refractivity contribution in [3.05, 3.63) is 34.3 Å². The van der Waals surface area contributed by atoms with Gasteiger partial charge >= 0.3 is 0 Å². The van der Waals surface area contributed by atoms with E-state index in [0.29, 0.717) is 23.7 Å². The SMILES string of the molecule is CCOc1cc(/C=N\N2C(=O)[C@@H]3[C@@H](C2=O)[C@H]2C=C[C@H]3C23CC3)cc(Br)c1OC. The number of carbonyl (C=O) groups excluding carboxylic acids is 2. The van der Waals surface area contributed by atoms with Crippen LogP contribution in [0.1, 0.15) is 25.3 Å². The van der Waals surface area contributed by atoms with Crippen LogP contribution in [0.2, 0.25) is 0 Å². The van der Waals surface area contributed by atoms with Crippen molar-refractivity contribution < 1.29 is 19.1 Å². The second-order valence-electron chi connectivity index (χ2n) is 7.92. The summed E-state index contributed by atoms with van der Waals surface area (Å²) in [5, 5.41) is 5.34. The lowest BCUT2D eigenvalue weighted by atomic mass is 9.85. The number of imide groups is 1. The number of hydrogen-bond acceptors (Lipinski definition) is 5. The summed E-state index contributed by atoms with van der Waals surface area (Å²) in [6, 6.07) is 3.61. The molecule has 2 saturated carbocycles. The Kier molecular flexibility index (Phi) is 3.95. The molecule has 1 aromatic carbocycles. The average Bonchev–Trinajstić information content (AvgIpc) is 3.27. The Hall–Kier alpha value is -2.15. The van der Waals surface area contributed by atoms with Crippen molar-refractivity contribution in [1.29, 1.82) is 0 Å². The third-order valence-corrected chi connectivity index (χ3v) is 7.28. The summed E-state index contributed by atoms with van der Waals surface area (Å²) < 4.78 is 11.7. The van der Waals surface area contributed by atoms with Crippen LogP contribution < -0.4 is 9.47 Å². The summed E-state index contributed by atoms with van der Waals surface area (Å²) in [6.07, 6.45) is 8.11. The maximum Gasteiger partial charge on any atom is 0.254 e. The molecule has 1 aliphatic heterocycles. The smallest absolute Gasteiger partial charge is 0.254 e. The van der Waals surface area contributed by atoms with Crippen molar-refractivity contribution in [2.24, 2.45) is 34.2 Å². The van der Waals surface area contributed by atoms with Crippen LogP contribution >= 0.6 is 15.9 Å². The zero-order chi connectivity index (χ0) is 19.6. The maximum absolute atomic E-state index is 13.0. The maximum atomic E-state index is 13.0. The number of benzene rings is 1. The largest absolute Gasteiger partial charge is 0.492 e. The highest BCUT2D eigenvalue weighted by Crippen LogP contribution is 2.73. The Morgan fingerprint density at radius 1 is 1.21 bits per heavy atom. The molecule has 146 valence electrons. The predicted octanol–water partition coefficient (Wildman–Crippen LogP) is 3.39. The van der Waals surface area contributed by atoms with Gasteiger partial charge in [0, 0.05) is 0 Å². The predicted molar refractivity (Wildman–Crippen MR) is 106 cm³/mol. The summed E-state index contributed by atoms with van der Waals surface area (Å²) in [5.41, 5.74) is 0.914. The molecule has 2 amide bonds. The molecule has 5 rings (SSSR count). The van der Waals surface area contributed by atoms with Gasteiger partial charge in [0.15, 0.2) is 11.5 Å². The molecule has 4 atom stereocenters. The number of allylic oxidation sites excluding steroid dienone is 2. The number of ether oxygens (including phenoxy) is 2. The Morgan fingerprint density at radius 3 is 2.39 bits per heavy atom. The van der Waals surface area contributed by atoms with E-state index in [-0.39, 0.29) is 40.9 Å². The standard InChI is InChI=1S/C21H21BrN2O4/c1-3-28-15-9-11(8-14(22)18(15)27-2)10-23-24-19(25)16-12-4-5-13(17(16)20(24)26)21(12)6-7-21/h4-5,8-10,12-13,16-17H,3,6-7H2,1-2H3/b23-10-/t12-,13-,16+,17+/m1/s1. The van der Waals surface area contributed by atoms with E-state index in [1.54, 1.807) is 13.2 Å². The Morgan fingerprint density at radius 2 is 1.86 bits per heavy atom. The minimum Gasteiger partial charge on any atom is -0.492 e. The van der Waals surface area contributed by atoms with Crippen LogP contribution in [0.25, 0.3) is 0 Å². The van der Waals surface area contributed by atoms with E-state index in [4.69, 9.17) is 9.47 Å². The average molecular weight is 445 g/mol. The van der Waals surface area contributed by atoms with Gasteiger partial charge in [-0.05, 0) is 70.6 Å². The molecule has 28 heavy (non-hydrogen) atoms. The van der Waals surface area contributed by atoms with Crippen LogP contribution in [-0.4, -0.2) is 36.8 Å². The first-order valence-corrected chi connectivity index (χ1v) is 10.4. The number of hydrazone groups is 1. The molecule has 0 N–H and O–H groups in total. The van der Waals surface area contributed by atoms with E-state index in [2.05, 4.69) is 33.2 Å². The van der Waals surface area contributed by atoms with Gasteiger partial charge in [-0.25, -0.2) is 0 Å². The second-order valence-corrected chi connectivity index (χ2v) is 8.78. The number of rotatable bonds is 5. The fourth-order valence-corrected chi connectivity index (χ4v) is 6.05. The van der Waals surface area contributed by atoms with E-state index < -0.39 is 0 Å². The first-order chi connectivity index (χ1) is 13.5. The summed E-state index contributed by atoms with van der Waals surface area (Å²) in [5.74, 6) is 0.804. The Bertz CT molecular complexity index is 903. The summed E-state index contributed by atoms with van der Waals surface area (Å²) >= 11 is 3.47. The molecule has 3 aliphatic carbocycles. The first kappa shape index (κ1) is 17.9. The quantitative estimate of drug-likeness (QED) is 0.396. The van der Waals surface area contributed by atoms with Crippen molar-refractivity contribution in [1.82, 2.24) is 5.01 Å². The molecule has 1 heterocycles. The molecule has 6 nitrogen and oxygen atoms in total. The van der Waals surface area contributed by atoms with Crippen molar-refractivity contribution in [2.75, 3.05) is 13.7 Å². The van der Waals surface area contributed by atoms with Crippen LogP contribution in [0.5, 0.6) is 11.5 Å². The van der Waals surface area contributed by atoms with Crippen LogP contribution in [0.4, 0.5) is 0 Å². The molecule has 3 fully saturated rings. The number of nitrogens with zero attached hydrogens (tertiary/aromatic N) is 2. The molecule has 4 aliphatic rings. The van der Waals surface area contributed by atoms with Gasteiger partial charge in [0.25, 0.3) is 11.8 Å². The highest BCUT2D eigenvalue weighted by atomic mass is 79.9. The lowest BCUT2D eigenvalue weighted by Crippen LogP contribution is -2.30. The van der Waals surface area contributed by atoms with Gasteiger partial charge in [-0.2, -0.15) is 10.1 Å². The molecule has 1 aromatic rings. The summed E-state index contributed by atoms with van der Waals surface area (Å²) in [6.45, 7) is 2.39. The highest BCUT2D eigenvalue weighted by Gasteiger charge is 2.73. The zero-order valence-electron chi connectivity index (χ0n) is 15.7. The Balaban J connectivity index is 1.41. The molecule has 1 saturated heterocycles. The summed E-state index contributed by atoms with van der Waals surface area (Å²) in [4.78, 5) is 25.9. The van der Waals surface area contributed by atoms with Crippen LogP contribution in [0.15, 0.2) is 33.9 Å². The van der Waals surface area contributed by atoms with E-state index in [1.807, 2.05) is 13.0 Å². The molecular weight excluding hydrogens is 424 g/mol. The topological polar surface area (TPSA) is 68.2 Å². The minimum atomic E-state index is -0.233. The van der Waals surface area contributed by atoms with Crippen molar-refractivity contribution in [3.63, 3.8) is 0 Å². The van der Waals surface area contributed by atoms with Gasteiger partial charge in [0.2, 0.25) is 0 Å². The first-order valence-electron chi connectivity index (χ1n) is 9.62. The molecule has 0 unspecified atom stereocenters. The number of amides is 2. The molecule has 0 radical (unpaired) electrons. The third-order valence-electron chi connectivity index (χ3n) is 6.69. The van der Waals surface area contributed by atoms with Gasteiger partial charge in [0.1, 0.15) is 0 Å². The number of carbonyl (C=O) groups is 2. The third kappa shape index (κ3) is 2.28. The summed E-state index contributed by atoms with van der Waals surface area (Å²) in [7, 11) is 1.58. The van der Waals surface area contributed by atoms with Gasteiger partial charge in [-0.1, -0.05) is 12.2 Å². The van der Waals surface area contributed by atoms with Crippen LogP contribution in [0, 0.1) is 29.1 Å².